The Kier molecular flexibility index (Phi) is 8.69. The summed E-state index contributed by atoms with van der Waals surface area (Å²) in [5.74, 6) is 0.572. The number of fused-ring (bicyclic) bond motifs is 2. The largest absolute Gasteiger partial charge is 0.464 e. The van der Waals surface area contributed by atoms with Crippen LogP contribution in [0.15, 0.2) is 80.6 Å². The Balaban J connectivity index is 1.31. The number of halogens is 2. The van der Waals surface area contributed by atoms with Gasteiger partial charge in [-0.3, -0.25) is 14.4 Å². The number of benzene rings is 3. The Hall–Kier alpha value is -3.86. The summed E-state index contributed by atoms with van der Waals surface area (Å²) in [4.78, 5) is 44.3. The molecule has 0 spiro atoms. The van der Waals surface area contributed by atoms with Crippen molar-refractivity contribution in [2.45, 2.75) is 32.0 Å². The first kappa shape index (κ1) is 29.2. The average Bonchev–Trinajstić information content (AvgIpc) is 3.69. The Morgan fingerprint density at radius 1 is 0.977 bits per heavy atom. The van der Waals surface area contributed by atoms with Crippen LogP contribution in [0, 0.1) is 0 Å². The van der Waals surface area contributed by atoms with E-state index in [2.05, 4.69) is 15.9 Å². The number of nitrogens with zero attached hydrogens (tertiary/aromatic N) is 2. The number of rotatable bonds is 9. The van der Waals surface area contributed by atoms with Gasteiger partial charge in [0.25, 0.3) is 5.91 Å². The first-order chi connectivity index (χ1) is 20.8. The van der Waals surface area contributed by atoms with Crippen LogP contribution in [0.4, 0.5) is 0 Å². The molecule has 2 aliphatic heterocycles. The molecule has 0 radical (unpaired) electrons. The highest BCUT2D eigenvalue weighted by Crippen LogP contribution is 2.33. The van der Waals surface area contributed by atoms with Gasteiger partial charge in [0.2, 0.25) is 12.7 Å². The van der Waals surface area contributed by atoms with Crippen LogP contribution in [0.2, 0.25) is 5.02 Å². The van der Waals surface area contributed by atoms with Gasteiger partial charge in [-0.15, -0.1) is 0 Å². The highest BCUT2D eigenvalue weighted by molar-refractivity contribution is 9.10. The van der Waals surface area contributed by atoms with Gasteiger partial charge in [0.15, 0.2) is 16.9 Å². The summed E-state index contributed by atoms with van der Waals surface area (Å²) in [6.45, 7) is 0.915. The summed E-state index contributed by atoms with van der Waals surface area (Å²) in [6.07, 6.45) is 2.91. The van der Waals surface area contributed by atoms with E-state index in [1.165, 1.54) is 16.1 Å². The molecule has 222 valence electrons. The summed E-state index contributed by atoms with van der Waals surface area (Å²) < 4.78 is 23.3. The molecule has 0 saturated carbocycles. The van der Waals surface area contributed by atoms with E-state index < -0.39 is 0 Å². The smallest absolute Gasteiger partial charge is 0.254 e. The predicted octanol–water partition coefficient (Wildman–Crippen LogP) is 5.79. The van der Waals surface area contributed by atoms with E-state index in [4.69, 9.17) is 30.2 Å². The minimum absolute atomic E-state index is 0.0447. The molecule has 0 bridgehead atoms. The number of carbonyl (C=O) groups is 2. The van der Waals surface area contributed by atoms with Crippen LogP contribution in [0.3, 0.4) is 0 Å². The average molecular weight is 668 g/mol. The van der Waals surface area contributed by atoms with Crippen molar-refractivity contribution in [1.29, 1.82) is 0 Å². The zero-order chi connectivity index (χ0) is 29.9. The fourth-order valence-electron chi connectivity index (χ4n) is 5.27. The Bertz CT molecular complexity index is 1740. The lowest BCUT2D eigenvalue weighted by Crippen LogP contribution is -2.45. The fourth-order valence-corrected chi connectivity index (χ4v) is 5.84. The molecule has 11 heteroatoms. The standard InChI is InChI=1S/C32H28BrClN2O7/c33-23-4-1-3-21(12-23)32(39)36(16-25-5-2-10-40-25)17-30(37)35(14-20-6-8-28-29(11-20)43-19-42-28)15-22-18-41-27-9-7-24(34)13-26(27)31(22)38/h1,3-4,6-9,11-13,18,25H,2,5,10,14-17,19H2. The molecule has 1 unspecified atom stereocenters. The van der Waals surface area contributed by atoms with Gasteiger partial charge in [-0.25, -0.2) is 0 Å². The van der Waals surface area contributed by atoms with E-state index in [1.807, 2.05) is 18.2 Å². The van der Waals surface area contributed by atoms with Crippen molar-refractivity contribution >= 4 is 50.3 Å². The van der Waals surface area contributed by atoms with Gasteiger partial charge in [-0.05, 0) is 66.9 Å². The lowest BCUT2D eigenvalue weighted by atomic mass is 10.1. The van der Waals surface area contributed by atoms with Gasteiger partial charge < -0.3 is 28.4 Å². The molecule has 3 heterocycles. The lowest BCUT2D eigenvalue weighted by molar-refractivity contribution is -0.133. The van der Waals surface area contributed by atoms with Gasteiger partial charge in [-0.1, -0.05) is 39.7 Å². The number of hydrogen-bond donors (Lipinski definition) is 0. The molecular formula is C32H28BrClN2O7. The van der Waals surface area contributed by atoms with Crippen LogP contribution < -0.4 is 14.9 Å². The minimum atomic E-state index is -0.343. The van der Waals surface area contributed by atoms with Crippen molar-refractivity contribution in [3.63, 3.8) is 0 Å². The van der Waals surface area contributed by atoms with Crippen LogP contribution >= 0.6 is 27.5 Å². The van der Waals surface area contributed by atoms with Gasteiger partial charge in [0, 0.05) is 34.8 Å². The van der Waals surface area contributed by atoms with Crippen molar-refractivity contribution in [2.75, 3.05) is 26.5 Å². The third-order valence-corrected chi connectivity index (χ3v) is 8.19. The topological polar surface area (TPSA) is 98.5 Å². The monoisotopic (exact) mass is 666 g/mol. The summed E-state index contributed by atoms with van der Waals surface area (Å²) in [7, 11) is 0. The second kappa shape index (κ2) is 12.8. The third-order valence-electron chi connectivity index (χ3n) is 7.46. The molecule has 0 N–H and O–H groups in total. The van der Waals surface area contributed by atoms with Gasteiger partial charge in [0.05, 0.1) is 29.9 Å². The SMILES string of the molecule is O=C(CN(CC1CCCO1)C(=O)c1cccc(Br)c1)N(Cc1ccc2c(c1)OCO2)Cc1coc2ccc(Cl)cc2c1=O. The van der Waals surface area contributed by atoms with Crippen LogP contribution in [-0.2, 0) is 22.6 Å². The molecule has 2 aliphatic rings. The molecule has 1 aromatic heterocycles. The normalized spacial score (nSPS) is 15.5. The van der Waals surface area contributed by atoms with Crippen molar-refractivity contribution in [3.8, 4) is 11.5 Å². The lowest BCUT2D eigenvalue weighted by Gasteiger charge is -2.29. The summed E-state index contributed by atoms with van der Waals surface area (Å²) in [6, 6.07) is 17.3. The number of ether oxygens (including phenoxy) is 3. The Labute approximate surface area is 261 Å². The zero-order valence-corrected chi connectivity index (χ0v) is 25.4. The summed E-state index contributed by atoms with van der Waals surface area (Å²) in [5.41, 5.74) is 1.63. The third kappa shape index (κ3) is 6.71. The van der Waals surface area contributed by atoms with Crippen molar-refractivity contribution < 1.29 is 28.2 Å². The van der Waals surface area contributed by atoms with Crippen molar-refractivity contribution in [2.24, 2.45) is 0 Å². The van der Waals surface area contributed by atoms with E-state index in [9.17, 15) is 14.4 Å². The maximum atomic E-state index is 14.1. The molecule has 1 atom stereocenters. The zero-order valence-electron chi connectivity index (χ0n) is 23.1. The maximum Gasteiger partial charge on any atom is 0.254 e. The first-order valence-electron chi connectivity index (χ1n) is 13.9. The van der Waals surface area contributed by atoms with Crippen molar-refractivity contribution in [3.05, 3.63) is 103 Å². The van der Waals surface area contributed by atoms with Gasteiger partial charge in [0.1, 0.15) is 12.1 Å². The van der Waals surface area contributed by atoms with Crippen LogP contribution in [-0.4, -0.2) is 54.2 Å². The second-order valence-corrected chi connectivity index (χ2v) is 11.9. The van der Waals surface area contributed by atoms with E-state index in [0.29, 0.717) is 39.7 Å². The van der Waals surface area contributed by atoms with Crippen LogP contribution in [0.25, 0.3) is 11.0 Å². The van der Waals surface area contributed by atoms with E-state index >= 15 is 0 Å². The molecule has 0 aliphatic carbocycles. The van der Waals surface area contributed by atoms with E-state index in [-0.39, 0.29) is 61.9 Å². The molecule has 6 rings (SSSR count). The van der Waals surface area contributed by atoms with Crippen LogP contribution in [0.5, 0.6) is 11.5 Å². The summed E-state index contributed by atoms with van der Waals surface area (Å²) in [5, 5.41) is 0.728. The predicted molar refractivity (Wildman–Crippen MR) is 163 cm³/mol. The molecule has 1 fully saturated rings. The van der Waals surface area contributed by atoms with Gasteiger partial charge in [-0.2, -0.15) is 0 Å². The number of hydrogen-bond acceptors (Lipinski definition) is 7. The fraction of sp³-hybridized carbons (Fsp3) is 0.281. The minimum Gasteiger partial charge on any atom is -0.464 e. The molecule has 43 heavy (non-hydrogen) atoms. The number of amides is 2. The maximum absolute atomic E-state index is 14.1. The number of carbonyl (C=O) groups excluding carboxylic acids is 2. The Morgan fingerprint density at radius 3 is 2.65 bits per heavy atom. The Morgan fingerprint density at radius 2 is 1.84 bits per heavy atom. The first-order valence-corrected chi connectivity index (χ1v) is 15.0. The molecular weight excluding hydrogens is 640 g/mol. The highest BCUT2D eigenvalue weighted by Gasteiger charge is 2.28. The van der Waals surface area contributed by atoms with Gasteiger partial charge >= 0.3 is 0 Å². The molecule has 4 aromatic rings. The quantitative estimate of drug-likeness (QED) is 0.223. The summed E-state index contributed by atoms with van der Waals surface area (Å²) >= 11 is 9.58. The molecule has 2 amide bonds. The van der Waals surface area contributed by atoms with Crippen LogP contribution in [0.1, 0.15) is 34.3 Å². The van der Waals surface area contributed by atoms with Crippen molar-refractivity contribution in [1.82, 2.24) is 9.80 Å². The molecule has 9 nitrogen and oxygen atoms in total. The van der Waals surface area contributed by atoms with E-state index in [1.54, 1.807) is 42.5 Å². The van der Waals surface area contributed by atoms with E-state index in [0.717, 1.165) is 22.9 Å². The highest BCUT2D eigenvalue weighted by atomic mass is 79.9. The molecule has 3 aromatic carbocycles. The molecule has 1 saturated heterocycles. The second-order valence-electron chi connectivity index (χ2n) is 10.5.